The van der Waals surface area contributed by atoms with Gasteiger partial charge in [-0.15, -0.1) is 0 Å². The van der Waals surface area contributed by atoms with Crippen LogP contribution in [0.1, 0.15) is 0 Å². The van der Waals surface area contributed by atoms with Crippen molar-refractivity contribution in [2.24, 2.45) is 0 Å². The van der Waals surface area contributed by atoms with E-state index in [4.69, 9.17) is 19.4 Å². The second-order valence-corrected chi connectivity index (χ2v) is 12.5. The van der Waals surface area contributed by atoms with Gasteiger partial charge in [0.05, 0.1) is 11.0 Å². The SMILES string of the molecule is c1ccc(-c2nc(-c3ccccc3)nc(-c3cccc(-n4c5ccccc5c5cc(-c6cccc7c6oc6ccccc67)ccc54)c3)n2)cc1. The summed E-state index contributed by atoms with van der Waals surface area (Å²) < 4.78 is 8.75. The molecule has 0 N–H and O–H groups in total. The Morgan fingerprint density at radius 1 is 0.380 bits per heavy atom. The summed E-state index contributed by atoms with van der Waals surface area (Å²) in [6.45, 7) is 0. The van der Waals surface area contributed by atoms with Crippen LogP contribution in [0.5, 0.6) is 0 Å². The van der Waals surface area contributed by atoms with Gasteiger partial charge in [0, 0.05) is 49.5 Å². The molecule has 5 heteroatoms. The van der Waals surface area contributed by atoms with Crippen molar-refractivity contribution < 1.29 is 4.42 Å². The van der Waals surface area contributed by atoms with Crippen LogP contribution in [0.25, 0.3) is 94.7 Å². The summed E-state index contributed by atoms with van der Waals surface area (Å²) in [7, 11) is 0. The predicted molar refractivity (Wildman–Crippen MR) is 203 cm³/mol. The molecule has 0 aliphatic heterocycles. The highest BCUT2D eigenvalue weighted by Gasteiger charge is 2.18. The molecule has 0 atom stereocenters. The van der Waals surface area contributed by atoms with Crippen LogP contribution in [0, 0.1) is 0 Å². The third-order valence-electron chi connectivity index (χ3n) is 9.45. The van der Waals surface area contributed by atoms with Crippen molar-refractivity contribution in [3.05, 3.63) is 170 Å². The zero-order chi connectivity index (χ0) is 33.0. The molecule has 10 aromatic rings. The van der Waals surface area contributed by atoms with Crippen molar-refractivity contribution in [2.75, 3.05) is 0 Å². The standard InChI is InChI=1S/C45H28N4O/c1-3-13-29(14-4-1)43-46-44(30-15-5-2-6-16-30)48-45(47-43)32-17-11-18-33(27-32)49-39-23-9-7-19-35(39)38-28-31(25-26-40(38)49)34-21-12-22-37-36-20-8-10-24-41(36)50-42(34)37/h1-28H. The molecule has 0 aliphatic rings. The number of furan rings is 1. The molecular formula is C45H28N4O. The Morgan fingerprint density at radius 3 is 1.72 bits per heavy atom. The monoisotopic (exact) mass is 640 g/mol. The minimum Gasteiger partial charge on any atom is -0.455 e. The average Bonchev–Trinajstić information content (AvgIpc) is 3.74. The van der Waals surface area contributed by atoms with Crippen LogP contribution in [-0.4, -0.2) is 19.5 Å². The topological polar surface area (TPSA) is 56.7 Å². The smallest absolute Gasteiger partial charge is 0.164 e. The molecule has 0 spiro atoms. The molecule has 5 nitrogen and oxygen atoms in total. The van der Waals surface area contributed by atoms with E-state index in [2.05, 4.69) is 102 Å². The predicted octanol–water partition coefficient (Wildman–Crippen LogP) is 11.5. The molecule has 0 amide bonds. The molecule has 0 saturated heterocycles. The minimum absolute atomic E-state index is 0.626. The highest BCUT2D eigenvalue weighted by atomic mass is 16.3. The van der Waals surface area contributed by atoms with Crippen molar-refractivity contribution in [1.29, 1.82) is 0 Å². The fourth-order valence-electron chi connectivity index (χ4n) is 7.11. The van der Waals surface area contributed by atoms with Gasteiger partial charge in [-0.1, -0.05) is 133 Å². The Bertz CT molecular complexity index is 2810. The van der Waals surface area contributed by atoms with E-state index in [0.29, 0.717) is 17.5 Å². The number of fused-ring (bicyclic) bond motifs is 6. The Labute approximate surface area is 287 Å². The van der Waals surface area contributed by atoms with E-state index in [1.165, 1.54) is 10.8 Å². The number of aromatic nitrogens is 4. The Kier molecular flexibility index (Phi) is 6.42. The highest BCUT2D eigenvalue weighted by Crippen LogP contribution is 2.39. The van der Waals surface area contributed by atoms with Crippen LogP contribution >= 0.6 is 0 Å². The van der Waals surface area contributed by atoms with Gasteiger partial charge < -0.3 is 8.98 Å². The van der Waals surface area contributed by atoms with E-state index < -0.39 is 0 Å². The zero-order valence-corrected chi connectivity index (χ0v) is 26.9. The van der Waals surface area contributed by atoms with Gasteiger partial charge in [-0.3, -0.25) is 0 Å². The lowest BCUT2D eigenvalue weighted by Crippen LogP contribution is -2.01. The van der Waals surface area contributed by atoms with Crippen molar-refractivity contribution >= 4 is 43.7 Å². The normalized spacial score (nSPS) is 11.6. The Morgan fingerprint density at radius 2 is 0.960 bits per heavy atom. The van der Waals surface area contributed by atoms with Gasteiger partial charge in [-0.2, -0.15) is 0 Å². The third-order valence-corrected chi connectivity index (χ3v) is 9.45. The number of nitrogens with zero attached hydrogens (tertiary/aromatic N) is 4. The molecule has 0 saturated carbocycles. The van der Waals surface area contributed by atoms with Gasteiger partial charge in [0.2, 0.25) is 0 Å². The van der Waals surface area contributed by atoms with E-state index in [1.54, 1.807) is 0 Å². The van der Waals surface area contributed by atoms with Crippen molar-refractivity contribution in [2.45, 2.75) is 0 Å². The number of hydrogen-bond donors (Lipinski definition) is 0. The second kappa shape index (κ2) is 11.4. The number of benzene rings is 7. The van der Waals surface area contributed by atoms with E-state index in [1.807, 2.05) is 72.8 Å². The molecule has 50 heavy (non-hydrogen) atoms. The summed E-state index contributed by atoms with van der Waals surface area (Å²) in [6, 6.07) is 58.6. The summed E-state index contributed by atoms with van der Waals surface area (Å²) in [4.78, 5) is 14.9. The van der Waals surface area contributed by atoms with Crippen LogP contribution in [-0.2, 0) is 0 Å². The third kappa shape index (κ3) is 4.60. The van der Waals surface area contributed by atoms with Crippen LogP contribution in [0.15, 0.2) is 174 Å². The largest absolute Gasteiger partial charge is 0.455 e. The van der Waals surface area contributed by atoms with Crippen LogP contribution < -0.4 is 0 Å². The molecule has 3 heterocycles. The molecule has 234 valence electrons. The minimum atomic E-state index is 0.626. The molecule has 0 unspecified atom stereocenters. The van der Waals surface area contributed by atoms with Crippen molar-refractivity contribution in [3.63, 3.8) is 0 Å². The molecule has 0 aliphatic carbocycles. The molecule has 0 bridgehead atoms. The second-order valence-electron chi connectivity index (χ2n) is 12.5. The highest BCUT2D eigenvalue weighted by molar-refractivity contribution is 6.13. The maximum atomic E-state index is 6.42. The fraction of sp³-hybridized carbons (Fsp3) is 0. The lowest BCUT2D eigenvalue weighted by Gasteiger charge is -2.12. The molecular weight excluding hydrogens is 613 g/mol. The van der Waals surface area contributed by atoms with Crippen LogP contribution in [0.4, 0.5) is 0 Å². The van der Waals surface area contributed by atoms with Crippen molar-refractivity contribution in [1.82, 2.24) is 19.5 Å². The molecule has 3 aromatic heterocycles. The number of rotatable bonds is 5. The molecule has 7 aromatic carbocycles. The first-order chi connectivity index (χ1) is 24.8. The van der Waals surface area contributed by atoms with E-state index in [0.717, 1.165) is 66.5 Å². The van der Waals surface area contributed by atoms with Crippen LogP contribution in [0.2, 0.25) is 0 Å². The van der Waals surface area contributed by atoms with Crippen molar-refractivity contribution in [3.8, 4) is 51.0 Å². The van der Waals surface area contributed by atoms with E-state index >= 15 is 0 Å². The number of para-hydroxylation sites is 3. The number of hydrogen-bond acceptors (Lipinski definition) is 4. The summed E-state index contributed by atoms with van der Waals surface area (Å²) >= 11 is 0. The summed E-state index contributed by atoms with van der Waals surface area (Å²) in [5.41, 5.74) is 10.1. The van der Waals surface area contributed by atoms with Crippen LogP contribution in [0.3, 0.4) is 0 Å². The Hall–Kier alpha value is -6.85. The van der Waals surface area contributed by atoms with Gasteiger partial charge in [-0.05, 0) is 42.0 Å². The van der Waals surface area contributed by atoms with Gasteiger partial charge in [0.15, 0.2) is 17.5 Å². The fourth-order valence-corrected chi connectivity index (χ4v) is 7.11. The maximum absolute atomic E-state index is 6.42. The summed E-state index contributed by atoms with van der Waals surface area (Å²) in [5.74, 6) is 1.91. The first kappa shape index (κ1) is 28.2. The van der Waals surface area contributed by atoms with Gasteiger partial charge in [-0.25, -0.2) is 15.0 Å². The van der Waals surface area contributed by atoms with Gasteiger partial charge >= 0.3 is 0 Å². The van der Waals surface area contributed by atoms with Gasteiger partial charge in [0.1, 0.15) is 11.2 Å². The van der Waals surface area contributed by atoms with E-state index in [-0.39, 0.29) is 0 Å². The first-order valence-corrected chi connectivity index (χ1v) is 16.7. The quantitative estimate of drug-likeness (QED) is 0.188. The molecule has 10 rings (SSSR count). The summed E-state index contributed by atoms with van der Waals surface area (Å²) in [5, 5.41) is 4.62. The first-order valence-electron chi connectivity index (χ1n) is 16.7. The van der Waals surface area contributed by atoms with E-state index in [9.17, 15) is 0 Å². The molecule has 0 radical (unpaired) electrons. The molecule has 0 fully saturated rings. The lowest BCUT2D eigenvalue weighted by molar-refractivity contribution is 0.670. The Balaban J connectivity index is 1.14. The van der Waals surface area contributed by atoms with Gasteiger partial charge in [0.25, 0.3) is 0 Å². The summed E-state index contributed by atoms with van der Waals surface area (Å²) in [6.07, 6.45) is 0. The lowest BCUT2D eigenvalue weighted by atomic mass is 10.0. The zero-order valence-electron chi connectivity index (χ0n) is 26.9. The maximum Gasteiger partial charge on any atom is 0.164 e. The average molecular weight is 641 g/mol.